The van der Waals surface area contributed by atoms with Gasteiger partial charge in [0.1, 0.15) is 0 Å². The third-order valence-corrected chi connectivity index (χ3v) is 5.94. The molecule has 0 bridgehead atoms. The van der Waals surface area contributed by atoms with Gasteiger partial charge in [0.05, 0.1) is 11.9 Å². The number of rotatable bonds is 5. The van der Waals surface area contributed by atoms with Crippen LogP contribution in [0.15, 0.2) is 102 Å². The Morgan fingerprint density at radius 3 is 1.81 bits per heavy atom. The van der Waals surface area contributed by atoms with Gasteiger partial charge in [-0.2, -0.15) is 5.10 Å². The van der Waals surface area contributed by atoms with Gasteiger partial charge in [0.15, 0.2) is 0 Å². The quantitative estimate of drug-likeness (QED) is 0.321. The Morgan fingerprint density at radius 1 is 0.688 bits per heavy atom. The predicted molar refractivity (Wildman–Crippen MR) is 136 cm³/mol. The molecule has 4 aromatic carbocycles. The maximum absolute atomic E-state index is 4.74. The molecule has 158 valence electrons. The molecule has 0 aromatic heterocycles. The second kappa shape index (κ2) is 8.72. The highest BCUT2D eigenvalue weighted by Crippen LogP contribution is 2.34. The normalized spacial score (nSPS) is 12.9. The van der Waals surface area contributed by atoms with Crippen LogP contribution in [-0.4, -0.2) is 12.8 Å². The van der Waals surface area contributed by atoms with Gasteiger partial charge >= 0.3 is 0 Å². The van der Waals surface area contributed by atoms with E-state index in [2.05, 4.69) is 121 Å². The number of hydrogen-bond donors (Lipinski definition) is 0. The van der Waals surface area contributed by atoms with Gasteiger partial charge < -0.3 is 4.90 Å². The lowest BCUT2D eigenvalue weighted by Crippen LogP contribution is -2.12. The highest BCUT2D eigenvalue weighted by molar-refractivity contribution is 5.83. The molecule has 0 atom stereocenters. The van der Waals surface area contributed by atoms with Crippen LogP contribution in [0, 0.1) is 13.8 Å². The van der Waals surface area contributed by atoms with Gasteiger partial charge in [-0.1, -0.05) is 65.7 Å². The van der Waals surface area contributed by atoms with Crippen molar-refractivity contribution in [2.75, 3.05) is 16.5 Å². The molecule has 1 aliphatic rings. The van der Waals surface area contributed by atoms with Crippen molar-refractivity contribution in [3.63, 3.8) is 0 Å². The molecule has 0 spiro atoms. The van der Waals surface area contributed by atoms with Gasteiger partial charge in [-0.25, -0.2) is 0 Å². The molecular formula is C29H27N3. The smallest absolute Gasteiger partial charge is 0.0626 e. The van der Waals surface area contributed by atoms with E-state index in [0.29, 0.717) is 0 Å². The fourth-order valence-corrected chi connectivity index (χ4v) is 4.12. The molecule has 0 N–H and O–H groups in total. The Morgan fingerprint density at radius 2 is 1.22 bits per heavy atom. The van der Waals surface area contributed by atoms with E-state index in [-0.39, 0.29) is 0 Å². The van der Waals surface area contributed by atoms with Gasteiger partial charge in [-0.3, -0.25) is 5.01 Å². The Hall–Kier alpha value is -3.85. The van der Waals surface area contributed by atoms with E-state index in [0.717, 1.165) is 35.6 Å². The summed E-state index contributed by atoms with van der Waals surface area (Å²) in [6.45, 7) is 5.17. The molecule has 0 saturated carbocycles. The number of hydrogen-bond acceptors (Lipinski definition) is 3. The number of nitrogens with zero attached hydrogens (tertiary/aromatic N) is 3. The minimum atomic E-state index is 0.933. The summed E-state index contributed by atoms with van der Waals surface area (Å²) in [6, 6.07) is 34.4. The van der Waals surface area contributed by atoms with E-state index >= 15 is 0 Å². The molecule has 4 aromatic rings. The van der Waals surface area contributed by atoms with Gasteiger partial charge in [-0.05, 0) is 73.9 Å². The lowest BCUT2D eigenvalue weighted by atomic mass is 10.1. The molecule has 0 fully saturated rings. The zero-order chi connectivity index (χ0) is 21.9. The summed E-state index contributed by atoms with van der Waals surface area (Å²) in [7, 11) is 0. The van der Waals surface area contributed by atoms with Crippen molar-refractivity contribution in [3.05, 3.63) is 119 Å². The Bertz CT molecular complexity index is 1180. The summed E-state index contributed by atoms with van der Waals surface area (Å²) in [5.41, 5.74) is 9.61. The standard InChI is InChI=1S/C29H27N3/c1-22-7-13-26(14-8-22)32(27-15-9-23(2)10-16-27)28-17-11-24(12-18-28)21-30-31-20-19-25-5-3-4-6-29(25)31/h3-18,21H,19-20H2,1-2H3/b30-21+. The highest BCUT2D eigenvalue weighted by atomic mass is 15.5. The van der Waals surface area contributed by atoms with Crippen LogP contribution < -0.4 is 9.91 Å². The van der Waals surface area contributed by atoms with Crippen LogP contribution >= 0.6 is 0 Å². The van der Waals surface area contributed by atoms with E-state index in [1.54, 1.807) is 0 Å². The van der Waals surface area contributed by atoms with Crippen LogP contribution in [0.4, 0.5) is 22.7 Å². The van der Waals surface area contributed by atoms with Crippen LogP contribution in [0.5, 0.6) is 0 Å². The number of para-hydroxylation sites is 1. The number of hydrazone groups is 1. The van der Waals surface area contributed by atoms with Gasteiger partial charge in [0.2, 0.25) is 0 Å². The van der Waals surface area contributed by atoms with Crippen molar-refractivity contribution in [1.29, 1.82) is 0 Å². The molecule has 0 unspecified atom stereocenters. The Balaban J connectivity index is 1.42. The number of aryl methyl sites for hydroxylation is 2. The first-order valence-corrected chi connectivity index (χ1v) is 11.1. The summed E-state index contributed by atoms with van der Waals surface area (Å²) in [5.74, 6) is 0. The number of fused-ring (bicyclic) bond motifs is 1. The monoisotopic (exact) mass is 417 g/mol. The fourth-order valence-electron chi connectivity index (χ4n) is 4.12. The molecule has 5 rings (SSSR count). The first-order valence-electron chi connectivity index (χ1n) is 11.1. The van der Waals surface area contributed by atoms with Crippen molar-refractivity contribution in [3.8, 4) is 0 Å². The van der Waals surface area contributed by atoms with Crippen LogP contribution in [0.25, 0.3) is 0 Å². The summed E-state index contributed by atoms with van der Waals surface area (Å²) >= 11 is 0. The average Bonchev–Trinajstić information content (AvgIpc) is 3.24. The van der Waals surface area contributed by atoms with Gasteiger partial charge in [0.25, 0.3) is 0 Å². The largest absolute Gasteiger partial charge is 0.311 e. The van der Waals surface area contributed by atoms with E-state index < -0.39 is 0 Å². The lowest BCUT2D eigenvalue weighted by Gasteiger charge is -2.25. The highest BCUT2D eigenvalue weighted by Gasteiger charge is 2.17. The molecule has 0 radical (unpaired) electrons. The maximum atomic E-state index is 4.74. The van der Waals surface area contributed by atoms with Crippen molar-refractivity contribution < 1.29 is 0 Å². The van der Waals surface area contributed by atoms with Crippen LogP contribution in [-0.2, 0) is 6.42 Å². The van der Waals surface area contributed by atoms with Crippen molar-refractivity contribution in [2.24, 2.45) is 5.10 Å². The second-order valence-corrected chi connectivity index (χ2v) is 8.34. The predicted octanol–water partition coefficient (Wildman–Crippen LogP) is 7.17. The van der Waals surface area contributed by atoms with Crippen LogP contribution in [0.2, 0.25) is 0 Å². The zero-order valence-electron chi connectivity index (χ0n) is 18.6. The summed E-state index contributed by atoms with van der Waals surface area (Å²) in [6.07, 6.45) is 3.00. The van der Waals surface area contributed by atoms with E-state index in [1.807, 2.05) is 6.21 Å². The van der Waals surface area contributed by atoms with Crippen molar-refractivity contribution >= 4 is 29.0 Å². The van der Waals surface area contributed by atoms with Gasteiger partial charge in [0, 0.05) is 23.6 Å². The average molecular weight is 418 g/mol. The molecule has 0 saturated heterocycles. The molecule has 32 heavy (non-hydrogen) atoms. The van der Waals surface area contributed by atoms with Crippen molar-refractivity contribution in [2.45, 2.75) is 20.3 Å². The first-order chi connectivity index (χ1) is 15.7. The first kappa shape index (κ1) is 20.1. The Labute approximate surface area is 190 Å². The Kier molecular flexibility index (Phi) is 5.47. The third-order valence-electron chi connectivity index (χ3n) is 5.94. The summed E-state index contributed by atoms with van der Waals surface area (Å²) in [5, 5.41) is 6.83. The molecule has 0 aliphatic carbocycles. The fraction of sp³-hybridized carbons (Fsp3) is 0.138. The summed E-state index contributed by atoms with van der Waals surface area (Å²) in [4.78, 5) is 2.29. The maximum Gasteiger partial charge on any atom is 0.0626 e. The van der Waals surface area contributed by atoms with Crippen LogP contribution in [0.1, 0.15) is 22.3 Å². The molecule has 1 aliphatic heterocycles. The molecule has 3 nitrogen and oxygen atoms in total. The second-order valence-electron chi connectivity index (χ2n) is 8.34. The summed E-state index contributed by atoms with van der Waals surface area (Å²) < 4.78 is 0. The zero-order valence-corrected chi connectivity index (χ0v) is 18.6. The van der Waals surface area contributed by atoms with E-state index in [4.69, 9.17) is 5.10 Å². The number of benzene rings is 4. The van der Waals surface area contributed by atoms with Crippen molar-refractivity contribution in [1.82, 2.24) is 0 Å². The number of anilines is 4. The minimum absolute atomic E-state index is 0.933. The molecule has 0 amide bonds. The third kappa shape index (κ3) is 4.15. The van der Waals surface area contributed by atoms with E-state index in [1.165, 1.54) is 22.4 Å². The lowest BCUT2D eigenvalue weighted by molar-refractivity contribution is 0.896. The minimum Gasteiger partial charge on any atom is -0.311 e. The topological polar surface area (TPSA) is 18.8 Å². The van der Waals surface area contributed by atoms with E-state index in [9.17, 15) is 0 Å². The van der Waals surface area contributed by atoms with Crippen LogP contribution in [0.3, 0.4) is 0 Å². The molecule has 1 heterocycles. The molecular weight excluding hydrogens is 390 g/mol. The SMILES string of the molecule is Cc1ccc(N(c2ccc(C)cc2)c2ccc(/C=N/N3CCc4ccccc43)cc2)cc1. The molecule has 3 heteroatoms. The van der Waals surface area contributed by atoms with Gasteiger partial charge in [-0.15, -0.1) is 0 Å².